The van der Waals surface area contributed by atoms with Gasteiger partial charge in [-0.2, -0.15) is 0 Å². The minimum Gasteiger partial charge on any atom is -0.275 e. The monoisotopic (exact) mass is 429 g/mol. The molecule has 23 heavy (non-hydrogen) atoms. The second-order valence-electron chi connectivity index (χ2n) is 5.16. The largest absolute Gasteiger partial charge is 0.275 e. The summed E-state index contributed by atoms with van der Waals surface area (Å²) in [6.07, 6.45) is 0. The number of nitrogens with zero attached hydrogens (tertiary/aromatic N) is 1. The molecule has 0 spiro atoms. The Hall–Kier alpha value is -1.79. The molecule has 0 saturated heterocycles. The number of para-hydroxylation sites is 2. The fraction of sp³-hybridized carbons (Fsp3) is 0. The van der Waals surface area contributed by atoms with Crippen LogP contribution in [-0.2, 0) is 0 Å². The van der Waals surface area contributed by atoms with Crippen LogP contribution in [0.3, 0.4) is 0 Å². The van der Waals surface area contributed by atoms with E-state index in [0.29, 0.717) is 0 Å². The van der Waals surface area contributed by atoms with Gasteiger partial charge in [0.05, 0.1) is 16.9 Å². The number of hydrogen-bond donors (Lipinski definition) is 0. The summed E-state index contributed by atoms with van der Waals surface area (Å²) in [7, 11) is 0. The quantitative estimate of drug-likeness (QED) is 0.461. The maximum Gasteiger partial charge on any atom is 0.263 e. The van der Waals surface area contributed by atoms with Crippen molar-refractivity contribution in [3.8, 4) is 0 Å². The summed E-state index contributed by atoms with van der Waals surface area (Å²) in [5.74, 6) is 0.00944. The highest BCUT2D eigenvalue weighted by atomic mass is 127. The normalized spacial score (nSPS) is 12.5. The van der Waals surface area contributed by atoms with Crippen molar-refractivity contribution in [2.24, 2.45) is 0 Å². The van der Waals surface area contributed by atoms with E-state index in [1.54, 1.807) is 11.8 Å². The zero-order valence-corrected chi connectivity index (χ0v) is 15.0. The van der Waals surface area contributed by atoms with Crippen LogP contribution < -0.4 is 4.90 Å². The molecular formula is C19H12INOS. The van der Waals surface area contributed by atoms with Gasteiger partial charge in [-0.25, -0.2) is 0 Å². The van der Waals surface area contributed by atoms with Crippen LogP contribution in [0.1, 0.15) is 10.4 Å². The highest BCUT2D eigenvalue weighted by molar-refractivity contribution is 14.1. The molecule has 1 aliphatic rings. The molecule has 0 fully saturated rings. The lowest BCUT2D eigenvalue weighted by Crippen LogP contribution is -2.29. The minimum absolute atomic E-state index is 0.00944. The maximum absolute atomic E-state index is 13.3. The molecule has 0 aromatic heterocycles. The van der Waals surface area contributed by atoms with E-state index in [2.05, 4.69) is 34.7 Å². The highest BCUT2D eigenvalue weighted by Crippen LogP contribution is 2.48. The Morgan fingerprint density at radius 3 is 1.91 bits per heavy atom. The smallest absolute Gasteiger partial charge is 0.263 e. The molecule has 0 atom stereocenters. The molecule has 0 radical (unpaired) electrons. The van der Waals surface area contributed by atoms with Gasteiger partial charge in [0, 0.05) is 13.4 Å². The van der Waals surface area contributed by atoms with Gasteiger partial charge in [0.15, 0.2) is 0 Å². The van der Waals surface area contributed by atoms with Crippen LogP contribution in [0.2, 0.25) is 0 Å². The van der Waals surface area contributed by atoms with Crippen molar-refractivity contribution in [2.45, 2.75) is 9.79 Å². The summed E-state index contributed by atoms with van der Waals surface area (Å²) < 4.78 is 0.961. The summed E-state index contributed by atoms with van der Waals surface area (Å²) in [5, 5.41) is 0. The van der Waals surface area contributed by atoms with Crippen molar-refractivity contribution in [2.75, 3.05) is 4.90 Å². The highest BCUT2D eigenvalue weighted by Gasteiger charge is 2.29. The SMILES string of the molecule is O=C(c1ccccc1I)N1c2ccccc2Sc2ccccc21. The standard InChI is InChI=1S/C19H12INOS/c20-14-8-2-1-7-13(14)19(22)21-15-9-3-5-11-17(15)23-18-12-6-4-10-16(18)21/h1-12H. The second-order valence-corrected chi connectivity index (χ2v) is 7.40. The summed E-state index contributed by atoms with van der Waals surface area (Å²) in [6.45, 7) is 0. The van der Waals surface area contributed by atoms with E-state index in [4.69, 9.17) is 0 Å². The molecule has 0 saturated carbocycles. The molecule has 1 aliphatic heterocycles. The molecule has 3 aromatic carbocycles. The zero-order chi connectivity index (χ0) is 15.8. The van der Waals surface area contributed by atoms with E-state index in [0.717, 1.165) is 30.3 Å². The molecule has 0 aliphatic carbocycles. The molecule has 1 amide bonds. The molecule has 4 heteroatoms. The van der Waals surface area contributed by atoms with Crippen molar-refractivity contribution in [1.82, 2.24) is 0 Å². The van der Waals surface area contributed by atoms with Crippen molar-refractivity contribution in [3.05, 3.63) is 81.9 Å². The molecule has 0 bridgehead atoms. The Morgan fingerprint density at radius 1 is 0.783 bits per heavy atom. The predicted molar refractivity (Wildman–Crippen MR) is 103 cm³/mol. The lowest BCUT2D eigenvalue weighted by molar-refractivity contribution is 0.0997. The number of carbonyl (C=O) groups is 1. The van der Waals surface area contributed by atoms with Gasteiger partial charge in [0.2, 0.25) is 0 Å². The maximum atomic E-state index is 13.3. The second kappa shape index (κ2) is 6.02. The van der Waals surface area contributed by atoms with Crippen LogP contribution >= 0.6 is 34.4 Å². The molecule has 0 unspecified atom stereocenters. The number of anilines is 2. The summed E-state index contributed by atoms with van der Waals surface area (Å²) in [6, 6.07) is 23.8. The van der Waals surface area contributed by atoms with E-state index >= 15 is 0 Å². The Morgan fingerprint density at radius 2 is 1.30 bits per heavy atom. The van der Waals surface area contributed by atoms with Crippen molar-refractivity contribution < 1.29 is 4.79 Å². The van der Waals surface area contributed by atoms with E-state index in [9.17, 15) is 4.79 Å². The Kier molecular flexibility index (Phi) is 3.87. The van der Waals surface area contributed by atoms with Crippen molar-refractivity contribution >= 4 is 51.6 Å². The van der Waals surface area contributed by atoms with Gasteiger partial charge in [0.25, 0.3) is 5.91 Å². The molecule has 2 nitrogen and oxygen atoms in total. The molecule has 0 N–H and O–H groups in total. The van der Waals surface area contributed by atoms with Crippen LogP contribution in [0.25, 0.3) is 0 Å². The first kappa shape index (κ1) is 14.8. The number of fused-ring (bicyclic) bond motifs is 2. The predicted octanol–water partition coefficient (Wildman–Crippen LogP) is 5.73. The van der Waals surface area contributed by atoms with Crippen LogP contribution in [0.5, 0.6) is 0 Å². The van der Waals surface area contributed by atoms with Gasteiger partial charge in [-0.1, -0.05) is 48.2 Å². The van der Waals surface area contributed by atoms with Gasteiger partial charge >= 0.3 is 0 Å². The van der Waals surface area contributed by atoms with Crippen molar-refractivity contribution in [1.29, 1.82) is 0 Å². The Labute approximate surface area is 152 Å². The Balaban J connectivity index is 1.91. The third-order valence-electron chi connectivity index (χ3n) is 3.74. The first-order valence-corrected chi connectivity index (χ1v) is 9.10. The van der Waals surface area contributed by atoms with E-state index in [1.807, 2.05) is 65.6 Å². The van der Waals surface area contributed by atoms with E-state index in [-0.39, 0.29) is 5.91 Å². The third-order valence-corrected chi connectivity index (χ3v) is 5.81. The van der Waals surface area contributed by atoms with Crippen LogP contribution in [-0.4, -0.2) is 5.91 Å². The molecular weight excluding hydrogens is 417 g/mol. The Bertz CT molecular complexity index is 864. The first-order chi connectivity index (χ1) is 11.3. The average molecular weight is 429 g/mol. The number of benzene rings is 3. The van der Waals surface area contributed by atoms with E-state index in [1.165, 1.54) is 0 Å². The van der Waals surface area contributed by atoms with Gasteiger partial charge in [-0.3, -0.25) is 9.69 Å². The van der Waals surface area contributed by atoms with Crippen LogP contribution in [0, 0.1) is 3.57 Å². The number of carbonyl (C=O) groups excluding carboxylic acids is 1. The molecule has 1 heterocycles. The molecule has 112 valence electrons. The number of amides is 1. The minimum atomic E-state index is 0.00944. The lowest BCUT2D eigenvalue weighted by Gasteiger charge is -2.31. The average Bonchev–Trinajstić information content (AvgIpc) is 2.59. The van der Waals surface area contributed by atoms with Gasteiger partial charge in [0.1, 0.15) is 0 Å². The lowest BCUT2D eigenvalue weighted by atomic mass is 10.1. The van der Waals surface area contributed by atoms with Crippen molar-refractivity contribution in [3.63, 3.8) is 0 Å². The van der Waals surface area contributed by atoms with Crippen LogP contribution in [0.4, 0.5) is 11.4 Å². The van der Waals surface area contributed by atoms with Gasteiger partial charge < -0.3 is 0 Å². The number of hydrogen-bond acceptors (Lipinski definition) is 2. The fourth-order valence-corrected chi connectivity index (χ4v) is 4.35. The van der Waals surface area contributed by atoms with Gasteiger partial charge in [-0.15, -0.1) is 0 Å². The summed E-state index contributed by atoms with van der Waals surface area (Å²) >= 11 is 3.93. The topological polar surface area (TPSA) is 20.3 Å². The van der Waals surface area contributed by atoms with Crippen LogP contribution in [0.15, 0.2) is 82.6 Å². The number of rotatable bonds is 1. The van der Waals surface area contributed by atoms with E-state index < -0.39 is 0 Å². The first-order valence-electron chi connectivity index (χ1n) is 7.20. The summed E-state index contributed by atoms with van der Waals surface area (Å²) in [4.78, 5) is 17.3. The zero-order valence-electron chi connectivity index (χ0n) is 12.1. The molecule has 4 rings (SSSR count). The fourth-order valence-electron chi connectivity index (χ4n) is 2.68. The van der Waals surface area contributed by atoms with Gasteiger partial charge in [-0.05, 0) is 59.0 Å². The summed E-state index contributed by atoms with van der Waals surface area (Å²) in [5.41, 5.74) is 2.62. The third kappa shape index (κ3) is 2.56. The number of halogens is 1. The molecule has 3 aromatic rings.